The van der Waals surface area contributed by atoms with Gasteiger partial charge in [0.25, 0.3) is 0 Å². The summed E-state index contributed by atoms with van der Waals surface area (Å²) < 4.78 is 10.3. The number of rotatable bonds is 2. The first kappa shape index (κ1) is 14.1. The lowest BCUT2D eigenvalue weighted by atomic mass is 10.2. The molecule has 0 saturated heterocycles. The van der Waals surface area contributed by atoms with Gasteiger partial charge in [-0.15, -0.1) is 10.2 Å². The van der Waals surface area contributed by atoms with E-state index in [1.54, 1.807) is 48.5 Å². The molecule has 0 aliphatic heterocycles. The maximum Gasteiger partial charge on any atom is 0.364 e. The molecule has 4 rings (SSSR count). The van der Waals surface area contributed by atoms with E-state index in [2.05, 4.69) is 10.2 Å². The normalized spacial score (nSPS) is 11.5. The largest absolute Gasteiger partial charge is 0.421 e. The minimum Gasteiger partial charge on any atom is -0.421 e. The van der Waals surface area contributed by atoms with Crippen LogP contribution in [0.25, 0.3) is 21.9 Å². The van der Waals surface area contributed by atoms with Crippen LogP contribution in [0.2, 0.25) is 0 Å². The molecular formula is C18H10N2O4. The molecule has 2 heterocycles. The highest BCUT2D eigenvalue weighted by Gasteiger charge is 2.06. The minimum absolute atomic E-state index is 0.0151. The molecule has 116 valence electrons. The third-order valence-electron chi connectivity index (χ3n) is 3.51. The summed E-state index contributed by atoms with van der Waals surface area (Å²) in [5, 5.41) is 9.14. The quantitative estimate of drug-likeness (QED) is 0.407. The van der Waals surface area contributed by atoms with E-state index < -0.39 is 11.3 Å². The second kappa shape index (κ2) is 5.58. The molecule has 0 aliphatic rings. The van der Waals surface area contributed by atoms with Gasteiger partial charge in [-0.25, -0.2) is 9.59 Å². The highest BCUT2D eigenvalue weighted by molar-refractivity contribution is 5.79. The van der Waals surface area contributed by atoms with Crippen molar-refractivity contribution < 1.29 is 8.83 Å². The lowest BCUT2D eigenvalue weighted by Crippen LogP contribution is -1.99. The summed E-state index contributed by atoms with van der Waals surface area (Å²) in [5.74, 6) is 0. The number of benzene rings is 2. The summed E-state index contributed by atoms with van der Waals surface area (Å²) in [4.78, 5) is 23.9. The first-order chi connectivity index (χ1) is 11.7. The monoisotopic (exact) mass is 318 g/mol. The van der Waals surface area contributed by atoms with E-state index in [9.17, 15) is 9.59 Å². The molecule has 4 aromatic rings. The van der Waals surface area contributed by atoms with Crippen molar-refractivity contribution in [3.63, 3.8) is 0 Å². The third kappa shape index (κ3) is 2.50. The second-order valence-electron chi connectivity index (χ2n) is 5.11. The predicted octanol–water partition coefficient (Wildman–Crippen LogP) is 4.31. The predicted molar refractivity (Wildman–Crippen MR) is 89.1 cm³/mol. The van der Waals surface area contributed by atoms with Gasteiger partial charge in [0.2, 0.25) is 0 Å². The summed E-state index contributed by atoms with van der Waals surface area (Å²) >= 11 is 0. The van der Waals surface area contributed by atoms with E-state index in [4.69, 9.17) is 8.83 Å². The third-order valence-corrected chi connectivity index (χ3v) is 3.51. The van der Waals surface area contributed by atoms with E-state index in [-0.39, 0.29) is 11.4 Å². The van der Waals surface area contributed by atoms with E-state index >= 15 is 0 Å². The Morgan fingerprint density at radius 1 is 0.625 bits per heavy atom. The number of azo groups is 1. The first-order valence-electron chi connectivity index (χ1n) is 7.18. The smallest absolute Gasteiger partial charge is 0.364 e. The Balaban J connectivity index is 1.80. The number of para-hydroxylation sites is 2. The Hall–Kier alpha value is -3.54. The maximum atomic E-state index is 11.9. The maximum absolute atomic E-state index is 11.9. The van der Waals surface area contributed by atoms with Crippen LogP contribution >= 0.6 is 0 Å². The van der Waals surface area contributed by atoms with Gasteiger partial charge in [-0.3, -0.25) is 0 Å². The second-order valence-corrected chi connectivity index (χ2v) is 5.11. The standard InChI is InChI=1S/C18H10N2O4/c21-17-13(9-11-5-1-3-7-15(11)23-17)19-20-14-10-12-6-2-4-8-16(12)24-18(14)22/h1-10H. The molecule has 24 heavy (non-hydrogen) atoms. The molecule has 6 heteroatoms. The Morgan fingerprint density at radius 3 is 1.50 bits per heavy atom. The number of nitrogens with zero attached hydrogens (tertiary/aromatic N) is 2. The van der Waals surface area contributed by atoms with Crippen LogP contribution in [0, 0.1) is 0 Å². The topological polar surface area (TPSA) is 85.1 Å². The summed E-state index contributed by atoms with van der Waals surface area (Å²) in [7, 11) is 0. The van der Waals surface area contributed by atoms with Crippen LogP contribution in [0.1, 0.15) is 0 Å². The highest BCUT2D eigenvalue weighted by atomic mass is 16.4. The fourth-order valence-corrected chi connectivity index (χ4v) is 2.35. The molecule has 0 fully saturated rings. The molecule has 0 atom stereocenters. The molecule has 0 amide bonds. The van der Waals surface area contributed by atoms with Gasteiger partial charge in [-0.05, 0) is 24.3 Å². The van der Waals surface area contributed by atoms with Gasteiger partial charge in [0, 0.05) is 10.8 Å². The molecule has 0 N–H and O–H groups in total. The average molecular weight is 318 g/mol. The molecule has 0 bridgehead atoms. The van der Waals surface area contributed by atoms with Crippen LogP contribution in [-0.2, 0) is 0 Å². The number of fused-ring (bicyclic) bond motifs is 2. The van der Waals surface area contributed by atoms with Crippen molar-refractivity contribution in [2.45, 2.75) is 0 Å². The van der Waals surface area contributed by atoms with E-state index in [0.29, 0.717) is 11.2 Å². The number of hydrogen-bond acceptors (Lipinski definition) is 6. The van der Waals surface area contributed by atoms with Crippen LogP contribution in [0.5, 0.6) is 0 Å². The molecule has 0 aliphatic carbocycles. The van der Waals surface area contributed by atoms with E-state index in [1.165, 1.54) is 0 Å². The van der Waals surface area contributed by atoms with Gasteiger partial charge in [-0.1, -0.05) is 36.4 Å². The Morgan fingerprint density at radius 2 is 1.04 bits per heavy atom. The Bertz CT molecular complexity index is 1110. The van der Waals surface area contributed by atoms with Crippen LogP contribution in [0.4, 0.5) is 11.4 Å². The van der Waals surface area contributed by atoms with Gasteiger partial charge < -0.3 is 8.83 Å². The molecule has 0 spiro atoms. The van der Waals surface area contributed by atoms with Crippen LogP contribution < -0.4 is 11.3 Å². The van der Waals surface area contributed by atoms with Crippen LogP contribution in [0.3, 0.4) is 0 Å². The molecule has 2 aromatic carbocycles. The van der Waals surface area contributed by atoms with Crippen molar-refractivity contribution in [1.82, 2.24) is 0 Å². The molecular weight excluding hydrogens is 308 g/mol. The van der Waals surface area contributed by atoms with Crippen LogP contribution in [0.15, 0.2) is 89.3 Å². The van der Waals surface area contributed by atoms with Gasteiger partial charge >= 0.3 is 11.3 Å². The summed E-state index contributed by atoms with van der Waals surface area (Å²) in [5.41, 5.74) is -0.286. The zero-order valence-corrected chi connectivity index (χ0v) is 12.3. The zero-order valence-electron chi connectivity index (χ0n) is 12.3. The lowest BCUT2D eigenvalue weighted by Gasteiger charge is -1.98. The highest BCUT2D eigenvalue weighted by Crippen LogP contribution is 2.21. The van der Waals surface area contributed by atoms with Gasteiger partial charge in [0.15, 0.2) is 11.4 Å². The Kier molecular flexibility index (Phi) is 3.28. The zero-order chi connectivity index (χ0) is 16.5. The van der Waals surface area contributed by atoms with E-state index in [1.807, 2.05) is 12.1 Å². The van der Waals surface area contributed by atoms with Crippen molar-refractivity contribution in [3.8, 4) is 0 Å². The molecule has 2 aromatic heterocycles. The van der Waals surface area contributed by atoms with Gasteiger partial charge in [0.05, 0.1) is 0 Å². The number of hydrogen-bond donors (Lipinski definition) is 0. The summed E-state index contributed by atoms with van der Waals surface area (Å²) in [6, 6.07) is 17.3. The lowest BCUT2D eigenvalue weighted by molar-refractivity contribution is 0.558. The van der Waals surface area contributed by atoms with Gasteiger partial charge in [0.1, 0.15) is 11.2 Å². The minimum atomic E-state index is -0.623. The van der Waals surface area contributed by atoms with E-state index in [0.717, 1.165) is 10.8 Å². The molecule has 0 unspecified atom stereocenters. The van der Waals surface area contributed by atoms with Crippen molar-refractivity contribution in [2.75, 3.05) is 0 Å². The van der Waals surface area contributed by atoms with Crippen molar-refractivity contribution in [1.29, 1.82) is 0 Å². The van der Waals surface area contributed by atoms with Crippen molar-refractivity contribution >= 4 is 33.3 Å². The van der Waals surface area contributed by atoms with Crippen molar-refractivity contribution in [2.24, 2.45) is 10.2 Å². The SMILES string of the molecule is O=c1oc2ccccc2cc1N=Nc1cc2ccccc2oc1=O. The fraction of sp³-hybridized carbons (Fsp3) is 0. The van der Waals surface area contributed by atoms with Gasteiger partial charge in [-0.2, -0.15) is 0 Å². The fourth-order valence-electron chi connectivity index (χ4n) is 2.35. The molecule has 0 saturated carbocycles. The van der Waals surface area contributed by atoms with Crippen LogP contribution in [-0.4, -0.2) is 0 Å². The summed E-state index contributed by atoms with van der Waals surface area (Å²) in [6.45, 7) is 0. The first-order valence-corrected chi connectivity index (χ1v) is 7.18. The molecule has 6 nitrogen and oxygen atoms in total. The van der Waals surface area contributed by atoms with Crippen molar-refractivity contribution in [3.05, 3.63) is 81.5 Å². The Labute approximate surface area is 134 Å². The average Bonchev–Trinajstić information content (AvgIpc) is 2.60. The molecule has 0 radical (unpaired) electrons. The summed E-state index contributed by atoms with van der Waals surface area (Å²) in [6.07, 6.45) is 0.